The molecule has 0 atom stereocenters. The fraction of sp³-hybridized carbons (Fsp3) is 0.120. The lowest BCUT2D eigenvalue weighted by atomic mass is 10.1. The Hall–Kier alpha value is -2.81. The van der Waals surface area contributed by atoms with Gasteiger partial charge in [0.1, 0.15) is 12.2 Å². The Kier molecular flexibility index (Phi) is 7.60. The second kappa shape index (κ2) is 10.6. The van der Waals surface area contributed by atoms with Crippen molar-refractivity contribution in [2.75, 3.05) is 7.11 Å². The van der Waals surface area contributed by atoms with Crippen molar-refractivity contribution in [2.45, 2.75) is 13.5 Å². The molecule has 4 aromatic rings. The highest BCUT2D eigenvalue weighted by Crippen LogP contribution is 2.36. The molecule has 34 heavy (non-hydrogen) atoms. The fourth-order valence-corrected chi connectivity index (χ4v) is 4.93. The fourth-order valence-electron chi connectivity index (χ4n) is 3.32. The summed E-state index contributed by atoms with van der Waals surface area (Å²) in [6.07, 6.45) is 1.46. The molecule has 9 heteroatoms. The molecule has 0 radical (unpaired) electrons. The molecule has 1 aromatic heterocycles. The maximum absolute atomic E-state index is 12.5. The summed E-state index contributed by atoms with van der Waals surface area (Å²) in [7, 11) is 1.53. The highest BCUT2D eigenvalue weighted by atomic mass is 79.9. The normalized spacial score (nSPS) is 11.2. The number of aryl methyl sites for hydroxylation is 1. The van der Waals surface area contributed by atoms with Gasteiger partial charge in [-0.05, 0) is 64.3 Å². The van der Waals surface area contributed by atoms with Crippen molar-refractivity contribution in [3.8, 4) is 11.5 Å². The number of carbonyl (C=O) groups is 1. The molecule has 4 rings (SSSR count). The lowest BCUT2D eigenvalue weighted by Gasteiger charge is -2.13. The van der Waals surface area contributed by atoms with Crippen LogP contribution in [0, 0.1) is 6.92 Å². The van der Waals surface area contributed by atoms with E-state index in [9.17, 15) is 4.79 Å². The van der Waals surface area contributed by atoms with E-state index in [0.717, 1.165) is 25.5 Å². The van der Waals surface area contributed by atoms with Crippen molar-refractivity contribution >= 4 is 66.6 Å². The van der Waals surface area contributed by atoms with Crippen LogP contribution >= 0.6 is 43.5 Å². The molecule has 1 amide bonds. The lowest BCUT2D eigenvalue weighted by molar-refractivity contribution is 0.0929. The van der Waals surface area contributed by atoms with Crippen molar-refractivity contribution in [2.24, 2.45) is 5.10 Å². The molecule has 6 nitrogen and oxygen atoms in total. The molecular formula is C25H19Br2ClN2O4. The SMILES string of the molecule is COc1cc(/C=N\NC(=O)c2cc3cc(Br)cc(Br)c3o2)cc(Cl)c1OCc1cccc(C)c1. The number of furan rings is 1. The third-order valence-electron chi connectivity index (χ3n) is 4.86. The Bertz CT molecular complexity index is 1400. The van der Waals surface area contributed by atoms with Gasteiger partial charge in [0, 0.05) is 9.86 Å². The van der Waals surface area contributed by atoms with E-state index in [1.807, 2.05) is 43.3 Å². The van der Waals surface area contributed by atoms with Crippen LogP contribution in [0.15, 0.2) is 73.1 Å². The van der Waals surface area contributed by atoms with E-state index in [1.54, 1.807) is 18.2 Å². The van der Waals surface area contributed by atoms with E-state index in [4.69, 9.17) is 25.5 Å². The third kappa shape index (κ3) is 5.63. The number of hydrazone groups is 1. The number of amides is 1. The van der Waals surface area contributed by atoms with Crippen LogP contribution in [0.1, 0.15) is 27.2 Å². The van der Waals surface area contributed by atoms with Crippen LogP contribution < -0.4 is 14.9 Å². The molecule has 174 valence electrons. The summed E-state index contributed by atoms with van der Waals surface area (Å²) < 4.78 is 18.6. The smallest absolute Gasteiger partial charge is 0.307 e. The number of nitrogens with one attached hydrogen (secondary N) is 1. The molecule has 1 N–H and O–H groups in total. The quantitative estimate of drug-likeness (QED) is 0.177. The van der Waals surface area contributed by atoms with E-state index in [1.165, 1.54) is 13.3 Å². The van der Waals surface area contributed by atoms with E-state index in [0.29, 0.717) is 34.3 Å². The third-order valence-corrected chi connectivity index (χ3v) is 6.18. The molecule has 0 aliphatic heterocycles. The molecule has 0 spiro atoms. The Morgan fingerprint density at radius 3 is 2.76 bits per heavy atom. The highest BCUT2D eigenvalue weighted by molar-refractivity contribution is 9.11. The van der Waals surface area contributed by atoms with Crippen molar-refractivity contribution < 1.29 is 18.7 Å². The number of hydrogen-bond donors (Lipinski definition) is 1. The van der Waals surface area contributed by atoms with Crippen LogP contribution in [0.3, 0.4) is 0 Å². The van der Waals surface area contributed by atoms with E-state index < -0.39 is 5.91 Å². The molecule has 0 aliphatic rings. The Morgan fingerprint density at radius 1 is 1.18 bits per heavy atom. The van der Waals surface area contributed by atoms with Crippen LogP contribution in [0.4, 0.5) is 0 Å². The number of halogens is 3. The van der Waals surface area contributed by atoms with E-state index in [2.05, 4.69) is 42.4 Å². The van der Waals surface area contributed by atoms with Gasteiger partial charge in [0.25, 0.3) is 0 Å². The summed E-state index contributed by atoms with van der Waals surface area (Å²) in [6, 6.07) is 16.8. The minimum Gasteiger partial charge on any atom is -0.493 e. The first-order chi connectivity index (χ1) is 16.3. The van der Waals surface area contributed by atoms with E-state index in [-0.39, 0.29) is 5.76 Å². The van der Waals surface area contributed by atoms with Gasteiger partial charge in [-0.3, -0.25) is 4.79 Å². The molecular weight excluding hydrogens is 588 g/mol. The van der Waals surface area contributed by atoms with Crippen LogP contribution in [0.25, 0.3) is 11.0 Å². The van der Waals surface area contributed by atoms with E-state index >= 15 is 0 Å². The summed E-state index contributed by atoms with van der Waals surface area (Å²) >= 11 is 13.3. The minimum atomic E-state index is -0.480. The van der Waals surface area contributed by atoms with Crippen molar-refractivity contribution in [3.05, 3.63) is 91.0 Å². The number of benzene rings is 3. The zero-order valence-corrected chi connectivity index (χ0v) is 22.1. The Balaban J connectivity index is 1.46. The van der Waals surface area contributed by atoms with Gasteiger partial charge in [-0.15, -0.1) is 0 Å². The lowest BCUT2D eigenvalue weighted by Crippen LogP contribution is -2.16. The Labute approximate surface area is 218 Å². The first-order valence-corrected chi connectivity index (χ1v) is 12.1. The number of nitrogens with zero attached hydrogens (tertiary/aromatic N) is 1. The standard InChI is InChI=1S/C25H19Br2ClN2O4/c1-14-4-3-5-15(6-14)13-33-24-20(28)7-16(8-21(24)32-2)12-29-30-25(31)22-10-17-9-18(26)11-19(27)23(17)34-22/h3-12H,13H2,1-2H3,(H,30,31)/b29-12-. The predicted molar refractivity (Wildman–Crippen MR) is 140 cm³/mol. The van der Waals surface area contributed by atoms with Gasteiger partial charge in [0.15, 0.2) is 17.3 Å². The van der Waals surface area contributed by atoms with Gasteiger partial charge < -0.3 is 13.9 Å². The van der Waals surface area contributed by atoms with Crippen LogP contribution in [0.2, 0.25) is 5.02 Å². The molecule has 0 unspecified atom stereocenters. The summed E-state index contributed by atoms with van der Waals surface area (Å²) in [5, 5.41) is 5.17. The van der Waals surface area contributed by atoms with Crippen LogP contribution in [0.5, 0.6) is 11.5 Å². The molecule has 0 bridgehead atoms. The zero-order valence-electron chi connectivity index (χ0n) is 18.2. The van der Waals surface area contributed by atoms with Gasteiger partial charge in [0.05, 0.1) is 22.8 Å². The van der Waals surface area contributed by atoms with Crippen molar-refractivity contribution in [1.82, 2.24) is 5.43 Å². The maximum Gasteiger partial charge on any atom is 0.307 e. The van der Waals surface area contributed by atoms with Crippen molar-refractivity contribution in [1.29, 1.82) is 0 Å². The first-order valence-electron chi connectivity index (χ1n) is 10.1. The zero-order chi connectivity index (χ0) is 24.2. The second-order valence-corrected chi connectivity index (χ2v) is 9.60. The minimum absolute atomic E-state index is 0.140. The van der Waals surface area contributed by atoms with Gasteiger partial charge in [-0.2, -0.15) is 5.10 Å². The molecule has 0 aliphatic carbocycles. The van der Waals surface area contributed by atoms with Gasteiger partial charge in [-0.1, -0.05) is 57.4 Å². The summed E-state index contributed by atoms with van der Waals surface area (Å²) in [6.45, 7) is 2.38. The molecule has 1 heterocycles. The predicted octanol–water partition coefficient (Wildman–Crippen LogP) is 7.27. The summed E-state index contributed by atoms with van der Waals surface area (Å²) in [5.41, 5.74) is 5.84. The van der Waals surface area contributed by atoms with Gasteiger partial charge in [-0.25, -0.2) is 5.43 Å². The first kappa shape index (κ1) is 24.3. The number of rotatable bonds is 7. The molecule has 0 saturated heterocycles. The monoisotopic (exact) mass is 604 g/mol. The second-order valence-electron chi connectivity index (χ2n) is 7.43. The Morgan fingerprint density at radius 2 is 2.00 bits per heavy atom. The van der Waals surface area contributed by atoms with Crippen LogP contribution in [-0.4, -0.2) is 19.2 Å². The number of methoxy groups -OCH3 is 1. The number of fused-ring (bicyclic) bond motifs is 1. The number of ether oxygens (including phenoxy) is 2. The highest BCUT2D eigenvalue weighted by Gasteiger charge is 2.15. The average Bonchev–Trinajstić information content (AvgIpc) is 3.22. The average molecular weight is 607 g/mol. The number of carbonyl (C=O) groups excluding carboxylic acids is 1. The summed E-state index contributed by atoms with van der Waals surface area (Å²) in [5.74, 6) is 0.555. The summed E-state index contributed by atoms with van der Waals surface area (Å²) in [4.78, 5) is 12.5. The maximum atomic E-state index is 12.5. The van der Waals surface area contributed by atoms with Crippen molar-refractivity contribution in [3.63, 3.8) is 0 Å². The molecule has 0 fully saturated rings. The molecule has 3 aromatic carbocycles. The largest absolute Gasteiger partial charge is 0.493 e. The topological polar surface area (TPSA) is 73.1 Å². The van der Waals surface area contributed by atoms with Gasteiger partial charge in [0.2, 0.25) is 0 Å². The van der Waals surface area contributed by atoms with Gasteiger partial charge >= 0.3 is 5.91 Å². The van der Waals surface area contributed by atoms with Crippen LogP contribution in [-0.2, 0) is 6.61 Å². The number of hydrogen-bond acceptors (Lipinski definition) is 5. The molecule has 0 saturated carbocycles.